The summed E-state index contributed by atoms with van der Waals surface area (Å²) in [5, 5.41) is 1.76. The van der Waals surface area contributed by atoms with Crippen LogP contribution in [0.1, 0.15) is 51.5 Å². The zero-order valence-electron chi connectivity index (χ0n) is 19.5. The van der Waals surface area contributed by atoms with Gasteiger partial charge in [0.1, 0.15) is 23.0 Å². The molecule has 2 rings (SSSR count). The lowest BCUT2D eigenvalue weighted by Gasteiger charge is -2.19. The van der Waals surface area contributed by atoms with Gasteiger partial charge in [-0.1, -0.05) is 26.7 Å². The summed E-state index contributed by atoms with van der Waals surface area (Å²) in [5.41, 5.74) is 1.12. The van der Waals surface area contributed by atoms with Crippen molar-refractivity contribution >= 4 is 10.8 Å². The van der Waals surface area contributed by atoms with Gasteiger partial charge in [0.05, 0.1) is 39.2 Å². The fourth-order valence-electron chi connectivity index (χ4n) is 3.87. The molecule has 2 aromatic carbocycles. The Morgan fingerprint density at radius 3 is 2.07 bits per heavy atom. The van der Waals surface area contributed by atoms with E-state index in [0.29, 0.717) is 5.92 Å². The van der Waals surface area contributed by atoms with Crippen LogP contribution in [0.2, 0.25) is 0 Å². The molecule has 0 radical (unpaired) electrons. The summed E-state index contributed by atoms with van der Waals surface area (Å²) in [5.74, 6) is 3.61. The monoisotopic (exact) mass is 418 g/mol. The van der Waals surface area contributed by atoms with E-state index in [1.807, 2.05) is 12.1 Å². The lowest BCUT2D eigenvalue weighted by Crippen LogP contribution is -2.07. The molecule has 0 aliphatic carbocycles. The van der Waals surface area contributed by atoms with Gasteiger partial charge in [0.15, 0.2) is 0 Å². The average molecular weight is 419 g/mol. The van der Waals surface area contributed by atoms with Crippen molar-refractivity contribution in [3.8, 4) is 23.0 Å². The third-order valence-corrected chi connectivity index (χ3v) is 5.50. The molecule has 5 nitrogen and oxygen atoms in total. The number of benzene rings is 2. The second-order valence-corrected chi connectivity index (χ2v) is 7.77. The summed E-state index contributed by atoms with van der Waals surface area (Å²) in [6.45, 7) is 6.17. The molecule has 0 saturated heterocycles. The molecule has 2 aromatic rings. The Hall–Kier alpha value is -2.14. The van der Waals surface area contributed by atoms with E-state index in [1.54, 1.807) is 28.4 Å². The van der Waals surface area contributed by atoms with Crippen molar-refractivity contribution in [2.75, 3.05) is 41.7 Å². The van der Waals surface area contributed by atoms with Crippen LogP contribution in [-0.2, 0) is 11.2 Å². The minimum absolute atomic E-state index is 0.537. The van der Waals surface area contributed by atoms with Crippen LogP contribution in [0, 0.1) is 5.92 Å². The number of hydrogen-bond acceptors (Lipinski definition) is 5. The normalized spacial score (nSPS) is 12.1. The van der Waals surface area contributed by atoms with Gasteiger partial charge in [-0.25, -0.2) is 0 Å². The van der Waals surface area contributed by atoms with Crippen LogP contribution in [0.25, 0.3) is 10.8 Å². The van der Waals surface area contributed by atoms with Crippen LogP contribution >= 0.6 is 0 Å². The number of aryl methyl sites for hydroxylation is 1. The molecule has 0 aromatic heterocycles. The van der Waals surface area contributed by atoms with Crippen LogP contribution in [0.3, 0.4) is 0 Å². The maximum absolute atomic E-state index is 5.84. The van der Waals surface area contributed by atoms with Crippen molar-refractivity contribution in [3.05, 3.63) is 23.8 Å². The molecule has 0 aliphatic rings. The summed E-state index contributed by atoms with van der Waals surface area (Å²) in [6, 6.07) is 5.87. The first-order chi connectivity index (χ1) is 14.6. The Morgan fingerprint density at radius 2 is 1.47 bits per heavy atom. The summed E-state index contributed by atoms with van der Waals surface area (Å²) in [6.07, 6.45) is 6.68. The Morgan fingerprint density at radius 1 is 0.800 bits per heavy atom. The first-order valence-corrected chi connectivity index (χ1v) is 11.0. The zero-order valence-corrected chi connectivity index (χ0v) is 19.5. The van der Waals surface area contributed by atoms with E-state index in [2.05, 4.69) is 19.9 Å². The van der Waals surface area contributed by atoms with Crippen LogP contribution in [0.4, 0.5) is 0 Å². The van der Waals surface area contributed by atoms with Gasteiger partial charge in [-0.3, -0.25) is 0 Å². The van der Waals surface area contributed by atoms with Crippen LogP contribution in [-0.4, -0.2) is 41.7 Å². The van der Waals surface area contributed by atoms with Gasteiger partial charge in [-0.2, -0.15) is 0 Å². The molecule has 1 atom stereocenters. The van der Waals surface area contributed by atoms with E-state index < -0.39 is 0 Å². The fraction of sp³-hybridized carbons (Fsp3) is 0.600. The van der Waals surface area contributed by atoms with Crippen molar-refractivity contribution in [2.45, 2.75) is 52.4 Å². The van der Waals surface area contributed by atoms with E-state index in [1.165, 1.54) is 12.8 Å². The largest absolute Gasteiger partial charge is 0.496 e. The Kier molecular flexibility index (Phi) is 10.1. The summed E-state index contributed by atoms with van der Waals surface area (Å²) >= 11 is 0. The highest BCUT2D eigenvalue weighted by Gasteiger charge is 2.20. The fourth-order valence-corrected chi connectivity index (χ4v) is 3.87. The summed E-state index contributed by atoms with van der Waals surface area (Å²) in [4.78, 5) is 0. The van der Waals surface area contributed by atoms with Crippen molar-refractivity contribution in [1.29, 1.82) is 0 Å². The van der Waals surface area contributed by atoms with Crippen molar-refractivity contribution in [2.24, 2.45) is 5.92 Å². The van der Waals surface area contributed by atoms with Crippen molar-refractivity contribution in [1.82, 2.24) is 0 Å². The Bertz CT molecular complexity index is 787. The lowest BCUT2D eigenvalue weighted by atomic mass is 9.96. The van der Waals surface area contributed by atoms with Gasteiger partial charge >= 0.3 is 0 Å². The standard InChI is InChI=1S/C25H38O5/c1-7-8-9-15-30-17-18(2)11-10-12-19-16-22(28-5)23-20(26-3)13-14-21(27-4)24(23)25(19)29-6/h13-14,16,18H,7-12,15,17H2,1-6H3. The Balaban J connectivity index is 2.17. The molecule has 0 bridgehead atoms. The predicted octanol–water partition coefficient (Wildman–Crippen LogP) is 6.04. The van der Waals surface area contributed by atoms with E-state index in [0.717, 1.165) is 78.2 Å². The van der Waals surface area contributed by atoms with Gasteiger partial charge < -0.3 is 23.7 Å². The molecule has 0 heterocycles. The van der Waals surface area contributed by atoms with E-state index in [9.17, 15) is 0 Å². The molecule has 1 unspecified atom stereocenters. The lowest BCUT2D eigenvalue weighted by molar-refractivity contribution is 0.0982. The average Bonchev–Trinajstić information content (AvgIpc) is 2.77. The van der Waals surface area contributed by atoms with E-state index in [-0.39, 0.29) is 0 Å². The maximum Gasteiger partial charge on any atom is 0.134 e. The smallest absolute Gasteiger partial charge is 0.134 e. The molecular weight excluding hydrogens is 380 g/mol. The number of fused-ring (bicyclic) bond motifs is 1. The van der Waals surface area contributed by atoms with Gasteiger partial charge in [0.25, 0.3) is 0 Å². The number of methoxy groups -OCH3 is 4. The van der Waals surface area contributed by atoms with Crippen molar-refractivity contribution in [3.63, 3.8) is 0 Å². The number of rotatable bonds is 14. The summed E-state index contributed by atoms with van der Waals surface area (Å²) < 4.78 is 28.6. The number of ether oxygens (including phenoxy) is 5. The van der Waals surface area contributed by atoms with Crippen molar-refractivity contribution < 1.29 is 23.7 Å². The molecule has 5 heteroatoms. The SMILES string of the molecule is CCCCCOCC(C)CCCc1cc(OC)c2c(OC)ccc(OC)c2c1OC. The van der Waals surface area contributed by atoms with Crippen LogP contribution in [0.15, 0.2) is 18.2 Å². The minimum atomic E-state index is 0.537. The first-order valence-electron chi connectivity index (χ1n) is 11.0. The molecular formula is C25H38O5. The molecule has 0 amide bonds. The molecule has 0 saturated carbocycles. The van der Waals surface area contributed by atoms with E-state index in [4.69, 9.17) is 23.7 Å². The number of hydrogen-bond donors (Lipinski definition) is 0. The second kappa shape index (κ2) is 12.5. The highest BCUT2D eigenvalue weighted by atomic mass is 16.5. The topological polar surface area (TPSA) is 46.2 Å². The van der Waals surface area contributed by atoms with E-state index >= 15 is 0 Å². The van der Waals surface area contributed by atoms with Crippen LogP contribution < -0.4 is 18.9 Å². The third-order valence-electron chi connectivity index (χ3n) is 5.50. The zero-order chi connectivity index (χ0) is 21.9. The molecule has 30 heavy (non-hydrogen) atoms. The molecule has 0 aliphatic heterocycles. The van der Waals surface area contributed by atoms with Gasteiger partial charge in [-0.05, 0) is 55.4 Å². The molecule has 0 fully saturated rings. The highest BCUT2D eigenvalue weighted by molar-refractivity contribution is 6.03. The third kappa shape index (κ3) is 5.94. The quantitative estimate of drug-likeness (QED) is 0.350. The molecule has 0 spiro atoms. The van der Waals surface area contributed by atoms with Gasteiger partial charge in [-0.15, -0.1) is 0 Å². The first kappa shape index (κ1) is 24.1. The van der Waals surface area contributed by atoms with Crippen LogP contribution in [0.5, 0.6) is 23.0 Å². The van der Waals surface area contributed by atoms with Gasteiger partial charge in [0, 0.05) is 13.2 Å². The highest BCUT2D eigenvalue weighted by Crippen LogP contribution is 2.46. The van der Waals surface area contributed by atoms with Gasteiger partial charge in [0.2, 0.25) is 0 Å². The predicted molar refractivity (Wildman–Crippen MR) is 123 cm³/mol. The summed E-state index contributed by atoms with van der Waals surface area (Å²) in [7, 11) is 6.72. The number of unbranched alkanes of at least 4 members (excludes halogenated alkanes) is 2. The minimum Gasteiger partial charge on any atom is -0.496 e. The molecule has 0 N–H and O–H groups in total. The second-order valence-electron chi connectivity index (χ2n) is 7.77. The molecule has 168 valence electrons. The maximum atomic E-state index is 5.84. The Labute approximate surface area is 181 Å².